The van der Waals surface area contributed by atoms with Crippen LogP contribution >= 0.6 is 23.2 Å². The van der Waals surface area contributed by atoms with Crippen LogP contribution < -0.4 is 11.1 Å². The first kappa shape index (κ1) is 11.0. The van der Waals surface area contributed by atoms with Crippen LogP contribution in [0, 0.1) is 0 Å². The van der Waals surface area contributed by atoms with Gasteiger partial charge in [0.15, 0.2) is 0 Å². The second-order valence-electron chi connectivity index (χ2n) is 3.06. The van der Waals surface area contributed by atoms with E-state index >= 15 is 0 Å². The lowest BCUT2D eigenvalue weighted by molar-refractivity contribution is 1.17. The van der Waals surface area contributed by atoms with E-state index in [1.54, 1.807) is 18.2 Å². The van der Waals surface area contributed by atoms with Crippen LogP contribution in [0.5, 0.6) is 0 Å². The molecule has 0 bridgehead atoms. The largest absolute Gasteiger partial charge is 0.396 e. The van der Waals surface area contributed by atoms with Crippen LogP contribution in [0.4, 0.5) is 17.3 Å². The Hall–Kier alpha value is -1.52. The van der Waals surface area contributed by atoms with Gasteiger partial charge in [0.05, 0.1) is 33.8 Å². The highest BCUT2D eigenvalue weighted by atomic mass is 35.5. The number of halogens is 2. The maximum Gasteiger partial charge on any atom is 0.227 e. The minimum absolute atomic E-state index is 0.393. The quantitative estimate of drug-likeness (QED) is 0.865. The first-order valence-corrected chi connectivity index (χ1v) is 5.21. The molecule has 0 saturated carbocycles. The Morgan fingerprint density at radius 3 is 2.19 bits per heavy atom. The van der Waals surface area contributed by atoms with Crippen molar-refractivity contribution < 1.29 is 0 Å². The van der Waals surface area contributed by atoms with Crippen molar-refractivity contribution >= 4 is 40.5 Å². The summed E-state index contributed by atoms with van der Waals surface area (Å²) < 4.78 is 0. The molecule has 2 aromatic rings. The molecule has 0 aliphatic carbocycles. The molecule has 6 heteroatoms. The van der Waals surface area contributed by atoms with E-state index < -0.39 is 0 Å². The highest BCUT2D eigenvalue weighted by molar-refractivity contribution is 6.39. The highest BCUT2D eigenvalue weighted by Crippen LogP contribution is 2.31. The van der Waals surface area contributed by atoms with Gasteiger partial charge < -0.3 is 11.1 Å². The molecule has 3 N–H and O–H groups in total. The van der Waals surface area contributed by atoms with Gasteiger partial charge in [-0.25, -0.2) is 9.97 Å². The Kier molecular flexibility index (Phi) is 3.12. The van der Waals surface area contributed by atoms with Gasteiger partial charge in [0.1, 0.15) is 0 Å². The van der Waals surface area contributed by atoms with Gasteiger partial charge in [-0.1, -0.05) is 29.3 Å². The summed E-state index contributed by atoms with van der Waals surface area (Å²) in [6.45, 7) is 0. The molecular formula is C10H8Cl2N4. The second-order valence-corrected chi connectivity index (χ2v) is 3.88. The molecule has 0 saturated heterocycles. The van der Waals surface area contributed by atoms with E-state index in [0.717, 1.165) is 0 Å². The van der Waals surface area contributed by atoms with Crippen LogP contribution in [-0.2, 0) is 0 Å². The van der Waals surface area contributed by atoms with E-state index in [-0.39, 0.29) is 0 Å². The number of nitrogens with one attached hydrogen (secondary N) is 1. The van der Waals surface area contributed by atoms with Crippen molar-refractivity contribution in [2.75, 3.05) is 11.1 Å². The summed E-state index contributed by atoms with van der Waals surface area (Å²) in [4.78, 5) is 7.98. The number of aromatic nitrogens is 2. The van der Waals surface area contributed by atoms with E-state index in [1.165, 1.54) is 12.4 Å². The van der Waals surface area contributed by atoms with Gasteiger partial charge >= 0.3 is 0 Å². The summed E-state index contributed by atoms with van der Waals surface area (Å²) in [5, 5.41) is 3.94. The summed E-state index contributed by atoms with van der Waals surface area (Å²) in [5.74, 6) is 0.393. The Morgan fingerprint density at radius 1 is 1.06 bits per heavy atom. The van der Waals surface area contributed by atoms with Crippen molar-refractivity contribution in [3.05, 3.63) is 40.6 Å². The number of rotatable bonds is 2. The highest BCUT2D eigenvalue weighted by Gasteiger charge is 2.06. The monoisotopic (exact) mass is 254 g/mol. The third kappa shape index (κ3) is 2.35. The summed E-state index contributed by atoms with van der Waals surface area (Å²) in [5.41, 5.74) is 6.55. The molecule has 0 aliphatic rings. The molecule has 0 aliphatic heterocycles. The van der Waals surface area contributed by atoms with Crippen LogP contribution in [0.1, 0.15) is 0 Å². The Balaban J connectivity index is 2.30. The molecule has 4 nitrogen and oxygen atoms in total. The standard InChI is InChI=1S/C10H8Cl2N4/c11-7-2-1-3-8(12)9(7)16-10-14-4-6(13)5-15-10/h1-5H,13H2,(H,14,15,16). The number of nitrogen functional groups attached to an aromatic ring is 1. The predicted molar refractivity (Wildman–Crippen MR) is 66.2 cm³/mol. The van der Waals surface area contributed by atoms with Crippen LogP contribution in [0.25, 0.3) is 0 Å². The molecule has 1 aromatic heterocycles. The summed E-state index contributed by atoms with van der Waals surface area (Å²) in [7, 11) is 0. The lowest BCUT2D eigenvalue weighted by Gasteiger charge is -2.08. The normalized spacial score (nSPS) is 10.1. The second kappa shape index (κ2) is 4.55. The summed E-state index contributed by atoms with van der Waals surface area (Å²) in [6, 6.07) is 5.22. The van der Waals surface area contributed by atoms with Crippen molar-refractivity contribution in [3.63, 3.8) is 0 Å². The molecule has 0 radical (unpaired) electrons. The van der Waals surface area contributed by atoms with E-state index in [9.17, 15) is 0 Å². The van der Waals surface area contributed by atoms with Crippen LogP contribution in [-0.4, -0.2) is 9.97 Å². The van der Waals surface area contributed by atoms with Gasteiger partial charge in [0, 0.05) is 0 Å². The maximum absolute atomic E-state index is 5.98. The average Bonchev–Trinajstić information content (AvgIpc) is 2.26. The van der Waals surface area contributed by atoms with E-state index in [4.69, 9.17) is 28.9 Å². The van der Waals surface area contributed by atoms with Crippen LogP contribution in [0.3, 0.4) is 0 Å². The number of hydrogen-bond acceptors (Lipinski definition) is 4. The molecule has 0 fully saturated rings. The van der Waals surface area contributed by atoms with Gasteiger partial charge in [0.2, 0.25) is 5.95 Å². The minimum Gasteiger partial charge on any atom is -0.396 e. The fourth-order valence-electron chi connectivity index (χ4n) is 1.13. The van der Waals surface area contributed by atoms with Gasteiger partial charge in [-0.05, 0) is 12.1 Å². The lowest BCUT2D eigenvalue weighted by Crippen LogP contribution is -1.99. The van der Waals surface area contributed by atoms with Crippen molar-refractivity contribution in [1.29, 1.82) is 0 Å². The topological polar surface area (TPSA) is 63.8 Å². The Morgan fingerprint density at radius 2 is 1.62 bits per heavy atom. The van der Waals surface area contributed by atoms with Crippen LogP contribution in [0.15, 0.2) is 30.6 Å². The molecule has 16 heavy (non-hydrogen) atoms. The number of nitrogens with zero attached hydrogens (tertiary/aromatic N) is 2. The summed E-state index contributed by atoms with van der Waals surface area (Å²) >= 11 is 12.0. The SMILES string of the molecule is Nc1cnc(Nc2c(Cl)cccc2Cl)nc1. The number of benzene rings is 1. The van der Waals surface area contributed by atoms with E-state index in [0.29, 0.717) is 27.4 Å². The summed E-state index contributed by atoms with van der Waals surface area (Å²) in [6.07, 6.45) is 3.00. The van der Waals surface area contributed by atoms with Gasteiger partial charge in [0.25, 0.3) is 0 Å². The number of anilines is 3. The molecule has 82 valence electrons. The Bertz CT molecular complexity index is 478. The fourth-order valence-corrected chi connectivity index (χ4v) is 1.62. The molecule has 1 heterocycles. The van der Waals surface area contributed by atoms with Gasteiger partial charge in [-0.15, -0.1) is 0 Å². The number of nitrogens with two attached hydrogens (primary N) is 1. The Labute approximate surface area is 102 Å². The smallest absolute Gasteiger partial charge is 0.227 e. The van der Waals surface area contributed by atoms with Gasteiger partial charge in [-0.2, -0.15) is 0 Å². The molecule has 1 aromatic carbocycles. The van der Waals surface area contributed by atoms with Crippen molar-refractivity contribution in [2.24, 2.45) is 0 Å². The van der Waals surface area contributed by atoms with E-state index in [2.05, 4.69) is 15.3 Å². The molecule has 0 spiro atoms. The van der Waals surface area contributed by atoms with Crippen molar-refractivity contribution in [2.45, 2.75) is 0 Å². The number of hydrogen-bond donors (Lipinski definition) is 2. The first-order valence-electron chi connectivity index (χ1n) is 4.45. The maximum atomic E-state index is 5.98. The predicted octanol–water partition coefficient (Wildman–Crippen LogP) is 3.11. The fraction of sp³-hybridized carbons (Fsp3) is 0. The molecule has 0 atom stereocenters. The number of para-hydroxylation sites is 1. The molecule has 0 amide bonds. The van der Waals surface area contributed by atoms with Crippen molar-refractivity contribution in [1.82, 2.24) is 9.97 Å². The van der Waals surface area contributed by atoms with Crippen molar-refractivity contribution in [3.8, 4) is 0 Å². The van der Waals surface area contributed by atoms with Gasteiger partial charge in [-0.3, -0.25) is 0 Å². The average molecular weight is 255 g/mol. The third-order valence-electron chi connectivity index (χ3n) is 1.87. The minimum atomic E-state index is 0.393. The first-order chi connectivity index (χ1) is 7.66. The third-order valence-corrected chi connectivity index (χ3v) is 2.50. The lowest BCUT2D eigenvalue weighted by atomic mass is 10.3. The van der Waals surface area contributed by atoms with Crippen LogP contribution in [0.2, 0.25) is 10.0 Å². The zero-order chi connectivity index (χ0) is 11.5. The molecule has 2 rings (SSSR count). The zero-order valence-electron chi connectivity index (χ0n) is 8.11. The zero-order valence-corrected chi connectivity index (χ0v) is 9.63. The van der Waals surface area contributed by atoms with E-state index in [1.807, 2.05) is 0 Å². The molecule has 0 unspecified atom stereocenters. The molecular weight excluding hydrogens is 247 g/mol.